The number of carbonyl (C=O) groups excluding carboxylic acids is 2. The number of anilines is 1. The molecule has 0 aliphatic heterocycles. The van der Waals surface area contributed by atoms with Gasteiger partial charge in [-0.1, -0.05) is 38.5 Å². The van der Waals surface area contributed by atoms with Crippen LogP contribution in [0.3, 0.4) is 0 Å². The quantitative estimate of drug-likeness (QED) is 0.785. The molecule has 0 fully saturated rings. The second-order valence-electron chi connectivity index (χ2n) is 7.43. The van der Waals surface area contributed by atoms with E-state index in [9.17, 15) is 14.9 Å². The number of hydrogen-bond donors (Lipinski definition) is 1. The lowest BCUT2D eigenvalue weighted by Crippen LogP contribution is -2.22. The highest BCUT2D eigenvalue weighted by Crippen LogP contribution is 2.32. The largest absolute Gasteiger partial charge is 0.483 e. The molecule has 7 heteroatoms. The molecule has 1 heterocycles. The van der Waals surface area contributed by atoms with Crippen LogP contribution in [0.4, 0.5) is 5.88 Å². The van der Waals surface area contributed by atoms with E-state index in [0.717, 1.165) is 11.1 Å². The number of nitriles is 1. The summed E-state index contributed by atoms with van der Waals surface area (Å²) in [7, 11) is 1.20. The molecule has 0 saturated carbocycles. The zero-order valence-electron chi connectivity index (χ0n) is 16.9. The van der Waals surface area contributed by atoms with Gasteiger partial charge in [-0.15, -0.1) is 0 Å². The average Bonchev–Trinajstić information content (AvgIpc) is 2.94. The van der Waals surface area contributed by atoms with Crippen molar-refractivity contribution in [3.05, 3.63) is 46.2 Å². The molecule has 2 rings (SSSR count). The Morgan fingerprint density at radius 2 is 1.93 bits per heavy atom. The van der Waals surface area contributed by atoms with Crippen LogP contribution in [-0.4, -0.2) is 25.6 Å². The van der Waals surface area contributed by atoms with Crippen molar-refractivity contribution in [1.82, 2.24) is 0 Å². The van der Waals surface area contributed by atoms with E-state index in [1.807, 2.05) is 31.2 Å². The highest BCUT2D eigenvalue weighted by atomic mass is 16.5. The molecule has 1 amide bonds. The molecule has 0 atom stereocenters. The van der Waals surface area contributed by atoms with Gasteiger partial charge in [0.1, 0.15) is 28.7 Å². The van der Waals surface area contributed by atoms with Crippen molar-refractivity contribution in [1.29, 1.82) is 5.26 Å². The number of carbonyl (C=O) groups is 2. The Balaban J connectivity index is 2.17. The molecule has 0 saturated heterocycles. The van der Waals surface area contributed by atoms with Crippen LogP contribution in [0, 0.1) is 25.2 Å². The molecule has 148 valence electrons. The first-order valence-electron chi connectivity index (χ1n) is 8.74. The van der Waals surface area contributed by atoms with Gasteiger partial charge in [-0.2, -0.15) is 5.26 Å². The number of nitrogens with zero attached hydrogens (tertiary/aromatic N) is 1. The second-order valence-corrected chi connectivity index (χ2v) is 7.43. The van der Waals surface area contributed by atoms with Gasteiger partial charge < -0.3 is 13.9 Å². The van der Waals surface area contributed by atoms with Gasteiger partial charge >= 0.3 is 5.97 Å². The first-order chi connectivity index (χ1) is 13.1. The number of esters is 1. The molecule has 0 radical (unpaired) electrons. The van der Waals surface area contributed by atoms with Crippen LogP contribution in [-0.2, 0) is 14.9 Å². The molecule has 0 aliphatic rings. The average molecular weight is 384 g/mol. The van der Waals surface area contributed by atoms with Crippen molar-refractivity contribution in [2.45, 2.75) is 40.0 Å². The summed E-state index contributed by atoms with van der Waals surface area (Å²) in [6, 6.07) is 7.63. The minimum absolute atomic E-state index is 0.00484. The number of benzene rings is 1. The summed E-state index contributed by atoms with van der Waals surface area (Å²) in [5, 5.41) is 11.8. The minimum atomic E-state index is -0.705. The molecule has 0 bridgehead atoms. The summed E-state index contributed by atoms with van der Waals surface area (Å²) in [6.07, 6.45) is 0. The number of ether oxygens (including phenoxy) is 2. The lowest BCUT2D eigenvalue weighted by Gasteiger charge is -2.23. The van der Waals surface area contributed by atoms with E-state index in [2.05, 4.69) is 30.8 Å². The van der Waals surface area contributed by atoms with Gasteiger partial charge in [-0.3, -0.25) is 10.1 Å². The summed E-state index contributed by atoms with van der Waals surface area (Å²) in [4.78, 5) is 24.1. The number of nitrogens with one attached hydrogen (secondary N) is 1. The molecule has 28 heavy (non-hydrogen) atoms. The van der Waals surface area contributed by atoms with Crippen molar-refractivity contribution in [2.24, 2.45) is 0 Å². The van der Waals surface area contributed by atoms with Gasteiger partial charge in [-0.05, 0) is 30.9 Å². The Bertz CT molecular complexity index is 945. The first-order valence-corrected chi connectivity index (χ1v) is 8.74. The van der Waals surface area contributed by atoms with E-state index in [0.29, 0.717) is 5.75 Å². The van der Waals surface area contributed by atoms with Crippen LogP contribution in [0.5, 0.6) is 5.75 Å². The van der Waals surface area contributed by atoms with Crippen molar-refractivity contribution >= 4 is 17.8 Å². The van der Waals surface area contributed by atoms with Gasteiger partial charge in [0.05, 0.1) is 7.11 Å². The zero-order chi connectivity index (χ0) is 21.1. The van der Waals surface area contributed by atoms with Gasteiger partial charge in [-0.25, -0.2) is 4.79 Å². The van der Waals surface area contributed by atoms with Crippen LogP contribution in [0.25, 0.3) is 0 Å². The van der Waals surface area contributed by atoms with Crippen LogP contribution in [0.2, 0.25) is 0 Å². The summed E-state index contributed by atoms with van der Waals surface area (Å²) < 4.78 is 15.7. The van der Waals surface area contributed by atoms with Crippen molar-refractivity contribution in [2.75, 3.05) is 19.0 Å². The Hall–Kier alpha value is -3.27. The summed E-state index contributed by atoms with van der Waals surface area (Å²) >= 11 is 0. The standard InChI is InChI=1S/C21H24N2O5/c1-12-7-8-16(15(9-12)21(3,4)5)27-11-17(24)23-19-14(10-22)18(13(2)28-19)20(25)26-6/h7-9H,11H2,1-6H3,(H,23,24). The molecule has 1 N–H and O–H groups in total. The first kappa shape index (κ1) is 21.0. The number of hydrogen-bond acceptors (Lipinski definition) is 6. The molecule has 0 spiro atoms. The summed E-state index contributed by atoms with van der Waals surface area (Å²) in [6.45, 7) is 9.42. The van der Waals surface area contributed by atoms with E-state index in [1.165, 1.54) is 14.0 Å². The number of furan rings is 1. The molecule has 1 aromatic carbocycles. The maximum absolute atomic E-state index is 12.3. The normalized spacial score (nSPS) is 10.9. The van der Waals surface area contributed by atoms with E-state index in [4.69, 9.17) is 9.15 Å². The zero-order valence-corrected chi connectivity index (χ0v) is 16.9. The Morgan fingerprint density at radius 1 is 1.25 bits per heavy atom. The topological polar surface area (TPSA) is 102 Å². The van der Waals surface area contributed by atoms with Gasteiger partial charge in [0.15, 0.2) is 6.61 Å². The van der Waals surface area contributed by atoms with Crippen molar-refractivity contribution in [3.63, 3.8) is 0 Å². The third-order valence-electron chi connectivity index (χ3n) is 4.14. The molecule has 0 aliphatic carbocycles. The highest BCUT2D eigenvalue weighted by molar-refractivity contribution is 5.98. The van der Waals surface area contributed by atoms with Gasteiger partial charge in [0.25, 0.3) is 5.91 Å². The lowest BCUT2D eigenvalue weighted by atomic mass is 9.85. The van der Waals surface area contributed by atoms with E-state index in [1.54, 1.807) is 0 Å². The van der Waals surface area contributed by atoms with Gasteiger partial charge in [0.2, 0.25) is 5.88 Å². The Kier molecular flexibility index (Phi) is 6.14. The summed E-state index contributed by atoms with van der Waals surface area (Å²) in [5.74, 6) is -0.520. The SMILES string of the molecule is COC(=O)c1c(C)oc(NC(=O)COc2ccc(C)cc2C(C)(C)C)c1C#N. The van der Waals surface area contributed by atoms with Crippen molar-refractivity contribution in [3.8, 4) is 11.8 Å². The predicted molar refractivity (Wildman–Crippen MR) is 104 cm³/mol. The molecular formula is C21H24N2O5. The monoisotopic (exact) mass is 384 g/mol. The van der Waals surface area contributed by atoms with E-state index in [-0.39, 0.29) is 34.8 Å². The number of amides is 1. The second kappa shape index (κ2) is 8.17. The fourth-order valence-corrected chi connectivity index (χ4v) is 2.75. The van der Waals surface area contributed by atoms with Crippen LogP contribution >= 0.6 is 0 Å². The fourth-order valence-electron chi connectivity index (χ4n) is 2.75. The molecule has 0 unspecified atom stereocenters. The van der Waals surface area contributed by atoms with E-state index < -0.39 is 11.9 Å². The Morgan fingerprint density at radius 3 is 2.50 bits per heavy atom. The molecule has 1 aromatic heterocycles. The van der Waals surface area contributed by atoms with Crippen LogP contribution in [0.1, 0.15) is 53.6 Å². The molecule has 2 aromatic rings. The van der Waals surface area contributed by atoms with Gasteiger partial charge in [0, 0.05) is 0 Å². The molecule has 7 nitrogen and oxygen atoms in total. The number of aryl methyl sites for hydroxylation is 2. The number of methoxy groups -OCH3 is 1. The highest BCUT2D eigenvalue weighted by Gasteiger charge is 2.26. The maximum atomic E-state index is 12.3. The van der Waals surface area contributed by atoms with Crippen LogP contribution < -0.4 is 10.1 Å². The smallest absolute Gasteiger partial charge is 0.342 e. The maximum Gasteiger partial charge on any atom is 0.342 e. The minimum Gasteiger partial charge on any atom is -0.483 e. The third kappa shape index (κ3) is 4.52. The van der Waals surface area contributed by atoms with Crippen molar-refractivity contribution < 1.29 is 23.5 Å². The summed E-state index contributed by atoms with van der Waals surface area (Å²) in [5.41, 5.74) is 1.85. The fraction of sp³-hybridized carbons (Fsp3) is 0.381. The Labute approximate surface area is 164 Å². The third-order valence-corrected chi connectivity index (χ3v) is 4.14. The van der Waals surface area contributed by atoms with Crippen LogP contribution in [0.15, 0.2) is 22.6 Å². The lowest BCUT2D eigenvalue weighted by molar-refractivity contribution is -0.118. The van der Waals surface area contributed by atoms with E-state index >= 15 is 0 Å². The molecular weight excluding hydrogens is 360 g/mol. The number of rotatable bonds is 5. The predicted octanol–water partition coefficient (Wildman–Crippen LogP) is 3.87.